The third kappa shape index (κ3) is 9.27. The van der Waals surface area contributed by atoms with Gasteiger partial charge in [-0.1, -0.05) is 11.3 Å². The molecule has 0 aromatic carbocycles. The van der Waals surface area contributed by atoms with E-state index in [2.05, 4.69) is 24.8 Å². The van der Waals surface area contributed by atoms with Crippen molar-refractivity contribution in [3.8, 4) is 5.19 Å². The molecule has 0 atom stereocenters. The van der Waals surface area contributed by atoms with Gasteiger partial charge < -0.3 is 9.64 Å². The fourth-order valence-corrected chi connectivity index (χ4v) is 5.76. The number of halogens is 3. The molecular weight excluding hydrogens is 515 g/mol. The minimum Gasteiger partial charge on any atom is -0.470 e. The number of carbonyl (C=O) groups is 1. The number of thiazole rings is 1. The second kappa shape index (κ2) is 13.4. The minimum atomic E-state index is -4.21. The first kappa shape index (κ1) is 28.4. The van der Waals surface area contributed by atoms with E-state index in [4.69, 9.17) is 4.74 Å². The van der Waals surface area contributed by atoms with Crippen molar-refractivity contribution in [3.63, 3.8) is 0 Å². The standard InChI is InChI=1S/C27H34F3N5O2S/c1-19-31-17-22(18-32-19)6-7-25(36)33-16-21-4-2-20(3-5-21)8-12-35-13-9-23-24(10-14-35)38-26(34-23)37-15-11-27(28,29)30/h6-7,16-18,20-21H,2-5,8-15H2,1H3/b7-6+,33-16+. The summed E-state index contributed by atoms with van der Waals surface area (Å²) in [7, 11) is 0. The number of fused-ring (bicyclic) bond motifs is 1. The van der Waals surface area contributed by atoms with Gasteiger partial charge in [0.1, 0.15) is 5.82 Å². The maximum Gasteiger partial charge on any atom is 0.392 e. The summed E-state index contributed by atoms with van der Waals surface area (Å²) in [5.74, 6) is 1.45. The lowest BCUT2D eigenvalue weighted by atomic mass is 9.81. The maximum atomic E-state index is 12.3. The molecule has 0 radical (unpaired) electrons. The molecule has 7 nitrogen and oxygen atoms in total. The van der Waals surface area contributed by atoms with Crippen molar-refractivity contribution in [2.24, 2.45) is 16.8 Å². The van der Waals surface area contributed by atoms with Crippen LogP contribution in [0.2, 0.25) is 0 Å². The van der Waals surface area contributed by atoms with Crippen molar-refractivity contribution < 1.29 is 22.7 Å². The van der Waals surface area contributed by atoms with E-state index < -0.39 is 12.6 Å². The molecule has 1 saturated carbocycles. The third-order valence-electron chi connectivity index (χ3n) is 7.07. The number of rotatable bonds is 9. The number of ether oxygens (including phenoxy) is 1. The van der Waals surface area contributed by atoms with Crippen LogP contribution in [-0.2, 0) is 17.6 Å². The summed E-state index contributed by atoms with van der Waals surface area (Å²) in [5, 5.41) is 0.353. The Morgan fingerprint density at radius 1 is 1.18 bits per heavy atom. The van der Waals surface area contributed by atoms with Gasteiger partial charge in [-0.3, -0.25) is 4.79 Å². The first-order valence-corrected chi connectivity index (χ1v) is 14.0. The van der Waals surface area contributed by atoms with Gasteiger partial charge in [0.05, 0.1) is 18.7 Å². The molecule has 1 aliphatic heterocycles. The van der Waals surface area contributed by atoms with E-state index in [1.165, 1.54) is 17.4 Å². The molecule has 2 aliphatic rings. The summed E-state index contributed by atoms with van der Waals surface area (Å²) in [6.45, 7) is 4.31. The molecule has 0 unspecified atom stereocenters. The SMILES string of the molecule is Cc1ncc(/C=C/C(=O)/N=C/C2CCC(CCN3CCc4nc(OCCC(F)(F)F)sc4CC3)CC2)cn1. The number of aryl methyl sites for hydroxylation is 1. The van der Waals surface area contributed by atoms with Crippen molar-refractivity contribution in [2.75, 3.05) is 26.2 Å². The highest BCUT2D eigenvalue weighted by atomic mass is 32.1. The van der Waals surface area contributed by atoms with Crippen LogP contribution in [0.4, 0.5) is 13.2 Å². The van der Waals surface area contributed by atoms with Gasteiger partial charge in [-0.05, 0) is 69.9 Å². The topological polar surface area (TPSA) is 80.6 Å². The molecule has 3 heterocycles. The second-order valence-corrected chi connectivity index (χ2v) is 11.0. The fourth-order valence-electron chi connectivity index (χ4n) is 4.79. The highest BCUT2D eigenvalue weighted by Crippen LogP contribution is 2.32. The number of aliphatic imine (C=N–C) groups is 1. The van der Waals surface area contributed by atoms with Crippen LogP contribution >= 0.6 is 11.3 Å². The number of nitrogens with zero attached hydrogens (tertiary/aromatic N) is 5. The van der Waals surface area contributed by atoms with Crippen LogP contribution in [0.25, 0.3) is 6.08 Å². The van der Waals surface area contributed by atoms with E-state index in [1.807, 2.05) is 13.1 Å². The highest BCUT2D eigenvalue weighted by molar-refractivity contribution is 7.13. The van der Waals surface area contributed by atoms with Crippen LogP contribution in [0.5, 0.6) is 5.19 Å². The van der Waals surface area contributed by atoms with Gasteiger partial charge in [-0.25, -0.2) is 19.9 Å². The molecule has 38 heavy (non-hydrogen) atoms. The Morgan fingerprint density at radius 2 is 1.92 bits per heavy atom. The Morgan fingerprint density at radius 3 is 2.66 bits per heavy atom. The molecule has 2 aromatic heterocycles. The summed E-state index contributed by atoms with van der Waals surface area (Å²) >= 11 is 1.38. The van der Waals surface area contributed by atoms with Crippen LogP contribution in [0, 0.1) is 18.8 Å². The number of alkyl halides is 3. The van der Waals surface area contributed by atoms with E-state index in [0.717, 1.165) is 80.7 Å². The van der Waals surface area contributed by atoms with Gasteiger partial charge >= 0.3 is 6.18 Å². The number of carbonyl (C=O) groups excluding carboxylic acids is 1. The molecule has 0 spiro atoms. The second-order valence-electron chi connectivity index (χ2n) is 9.99. The molecule has 206 valence electrons. The molecule has 0 N–H and O–H groups in total. The Bertz CT molecular complexity index is 1080. The largest absolute Gasteiger partial charge is 0.470 e. The van der Waals surface area contributed by atoms with E-state index in [0.29, 0.717) is 22.9 Å². The third-order valence-corrected chi connectivity index (χ3v) is 8.14. The van der Waals surface area contributed by atoms with Crippen LogP contribution in [0.15, 0.2) is 23.5 Å². The van der Waals surface area contributed by atoms with Crippen LogP contribution in [0.1, 0.15) is 60.5 Å². The lowest BCUT2D eigenvalue weighted by Gasteiger charge is -2.28. The maximum absolute atomic E-state index is 12.3. The number of aromatic nitrogens is 3. The molecule has 4 rings (SSSR count). The van der Waals surface area contributed by atoms with Crippen molar-refractivity contribution in [1.29, 1.82) is 0 Å². The molecule has 0 bridgehead atoms. The van der Waals surface area contributed by atoms with Gasteiger partial charge in [0.25, 0.3) is 11.1 Å². The zero-order chi connectivity index (χ0) is 27.0. The summed E-state index contributed by atoms with van der Waals surface area (Å²) in [6.07, 6.45) is 10.3. The predicted octanol–water partition coefficient (Wildman–Crippen LogP) is 5.48. The average Bonchev–Trinajstić information content (AvgIpc) is 3.18. The van der Waals surface area contributed by atoms with E-state index >= 15 is 0 Å². The number of hydrogen-bond donors (Lipinski definition) is 0. The number of amides is 1. The van der Waals surface area contributed by atoms with E-state index in [9.17, 15) is 18.0 Å². The first-order chi connectivity index (χ1) is 18.2. The van der Waals surface area contributed by atoms with Crippen molar-refractivity contribution in [2.45, 2.75) is 64.5 Å². The molecule has 0 saturated heterocycles. The lowest BCUT2D eigenvalue weighted by molar-refractivity contribution is -0.139. The fraction of sp³-hybridized carbons (Fsp3) is 0.593. The van der Waals surface area contributed by atoms with Crippen LogP contribution < -0.4 is 4.74 Å². The monoisotopic (exact) mass is 549 g/mol. The van der Waals surface area contributed by atoms with Crippen molar-refractivity contribution in [3.05, 3.63) is 40.4 Å². The Balaban J connectivity index is 1.12. The normalized spacial score (nSPS) is 21.1. The lowest BCUT2D eigenvalue weighted by Crippen LogP contribution is -2.29. The van der Waals surface area contributed by atoms with Crippen LogP contribution in [0.3, 0.4) is 0 Å². The van der Waals surface area contributed by atoms with Gasteiger partial charge in [0.2, 0.25) is 0 Å². The zero-order valence-electron chi connectivity index (χ0n) is 21.6. The smallest absolute Gasteiger partial charge is 0.392 e. The van der Waals surface area contributed by atoms with Crippen molar-refractivity contribution in [1.82, 2.24) is 19.9 Å². The van der Waals surface area contributed by atoms with Crippen molar-refractivity contribution >= 4 is 29.5 Å². The van der Waals surface area contributed by atoms with Gasteiger partial charge in [-0.15, -0.1) is 0 Å². The molecule has 11 heteroatoms. The van der Waals surface area contributed by atoms with Gasteiger partial charge in [0.15, 0.2) is 0 Å². The summed E-state index contributed by atoms with van der Waals surface area (Å²) in [4.78, 5) is 32.4. The molecule has 1 fully saturated rings. The summed E-state index contributed by atoms with van der Waals surface area (Å²) in [6, 6.07) is 0. The minimum absolute atomic E-state index is 0.267. The molecular formula is C27H34F3N5O2S. The summed E-state index contributed by atoms with van der Waals surface area (Å²) in [5.41, 5.74) is 1.74. The van der Waals surface area contributed by atoms with E-state index in [1.54, 1.807) is 18.5 Å². The highest BCUT2D eigenvalue weighted by Gasteiger charge is 2.27. The van der Waals surface area contributed by atoms with Crippen LogP contribution in [-0.4, -0.2) is 64.4 Å². The predicted molar refractivity (Wildman–Crippen MR) is 141 cm³/mol. The quantitative estimate of drug-likeness (QED) is 0.304. The molecule has 1 amide bonds. The van der Waals surface area contributed by atoms with E-state index in [-0.39, 0.29) is 12.5 Å². The average molecular weight is 550 g/mol. The molecule has 2 aromatic rings. The molecule has 1 aliphatic carbocycles. The Kier molecular flexibility index (Phi) is 10.0. The zero-order valence-corrected chi connectivity index (χ0v) is 22.4. The first-order valence-electron chi connectivity index (χ1n) is 13.2. The number of hydrogen-bond acceptors (Lipinski definition) is 7. The summed E-state index contributed by atoms with van der Waals surface area (Å²) < 4.78 is 42.2. The van der Waals surface area contributed by atoms with Gasteiger partial charge in [-0.2, -0.15) is 13.2 Å². The Labute approximate surface area is 225 Å². The van der Waals surface area contributed by atoms with Gasteiger partial charge in [0, 0.05) is 54.6 Å². The Hall–Kier alpha value is -2.66.